The second-order valence-electron chi connectivity index (χ2n) is 10.1. The van der Waals surface area contributed by atoms with Crippen LogP contribution in [0.4, 0.5) is 0 Å². The summed E-state index contributed by atoms with van der Waals surface area (Å²) in [7, 11) is 1.91. The molecule has 6 rings (SSSR count). The number of hydrogen-bond donors (Lipinski definition) is 3. The number of aromatic amines is 1. The SMILES string of the molecule is CNCc1cc(Cl)nc(OC2CCN(C3CC(CN)(n4cc(-c5ncnc6[nH]ccc56)cn4)C3)CC2)c1. The van der Waals surface area contributed by atoms with E-state index in [-0.39, 0.29) is 11.6 Å². The van der Waals surface area contributed by atoms with Crippen molar-refractivity contribution in [3.8, 4) is 17.1 Å². The molecule has 194 valence electrons. The fourth-order valence-electron chi connectivity index (χ4n) is 5.75. The Morgan fingerprint density at radius 3 is 2.86 bits per heavy atom. The van der Waals surface area contributed by atoms with Crippen molar-refractivity contribution < 1.29 is 4.74 Å². The Morgan fingerprint density at radius 1 is 1.24 bits per heavy atom. The minimum absolute atomic E-state index is 0.149. The fraction of sp³-hybridized carbons (Fsp3) is 0.462. The summed E-state index contributed by atoms with van der Waals surface area (Å²) in [6.07, 6.45) is 11.5. The monoisotopic (exact) mass is 521 g/mol. The third-order valence-electron chi connectivity index (χ3n) is 7.80. The van der Waals surface area contributed by atoms with E-state index in [0.29, 0.717) is 23.6 Å². The molecule has 1 aliphatic carbocycles. The Kier molecular flexibility index (Phi) is 6.58. The zero-order valence-electron chi connectivity index (χ0n) is 20.9. The second-order valence-corrected chi connectivity index (χ2v) is 10.5. The zero-order valence-corrected chi connectivity index (χ0v) is 21.7. The number of H-pyrrole nitrogens is 1. The molecular weight excluding hydrogens is 490 g/mol. The van der Waals surface area contributed by atoms with E-state index in [1.807, 2.05) is 37.6 Å². The van der Waals surface area contributed by atoms with Gasteiger partial charge in [0, 0.05) is 61.6 Å². The van der Waals surface area contributed by atoms with Crippen molar-refractivity contribution in [3.05, 3.63) is 53.8 Å². The predicted octanol–water partition coefficient (Wildman–Crippen LogP) is 2.95. The molecule has 4 N–H and O–H groups in total. The van der Waals surface area contributed by atoms with Gasteiger partial charge in [-0.3, -0.25) is 9.58 Å². The molecule has 0 spiro atoms. The van der Waals surface area contributed by atoms with E-state index < -0.39 is 0 Å². The number of piperidine rings is 1. The molecule has 4 aromatic rings. The maximum Gasteiger partial charge on any atom is 0.215 e. The lowest BCUT2D eigenvalue weighted by atomic mass is 9.71. The number of nitrogens with zero attached hydrogens (tertiary/aromatic N) is 6. The first-order valence-corrected chi connectivity index (χ1v) is 13.2. The molecule has 1 aliphatic heterocycles. The van der Waals surface area contributed by atoms with E-state index in [0.717, 1.165) is 73.2 Å². The largest absolute Gasteiger partial charge is 0.474 e. The van der Waals surface area contributed by atoms with E-state index in [1.165, 1.54) is 0 Å². The van der Waals surface area contributed by atoms with Crippen LogP contribution in [-0.2, 0) is 12.1 Å². The molecule has 11 heteroatoms. The van der Waals surface area contributed by atoms with Gasteiger partial charge >= 0.3 is 0 Å². The highest BCUT2D eigenvalue weighted by atomic mass is 35.5. The van der Waals surface area contributed by atoms with Crippen LogP contribution in [0.15, 0.2) is 43.1 Å². The Bertz CT molecular complexity index is 1370. The number of rotatable bonds is 8. The molecule has 10 nitrogen and oxygen atoms in total. The van der Waals surface area contributed by atoms with Crippen LogP contribution in [-0.4, -0.2) is 73.4 Å². The number of ether oxygens (including phenoxy) is 1. The molecule has 4 aromatic heterocycles. The normalized spacial score (nSPS) is 22.8. The maximum atomic E-state index is 6.32. The number of nitrogens with one attached hydrogen (secondary N) is 2. The van der Waals surface area contributed by atoms with E-state index in [9.17, 15) is 0 Å². The number of fused-ring (bicyclic) bond motifs is 1. The summed E-state index contributed by atoms with van der Waals surface area (Å²) in [5, 5.41) is 9.32. The standard InChI is InChI=1S/C26H32ClN9O/c1-29-12-17-8-22(27)34-23(9-17)37-20-3-6-35(7-4-20)19-10-26(11-19,15-28)36-14-18(13-33-36)24-21-2-5-30-25(21)32-16-31-24/h2,5,8-9,13-14,16,19-20,29H,3-4,6-7,10-12,15,28H2,1H3,(H,30,31,32). The Labute approximate surface area is 220 Å². The van der Waals surface area contributed by atoms with Crippen LogP contribution in [0.2, 0.25) is 5.15 Å². The quantitative estimate of drug-likeness (QED) is 0.302. The fourth-order valence-corrected chi connectivity index (χ4v) is 5.97. The van der Waals surface area contributed by atoms with Crippen LogP contribution in [0.1, 0.15) is 31.2 Å². The molecule has 0 aromatic carbocycles. The molecule has 2 fully saturated rings. The lowest BCUT2D eigenvalue weighted by Crippen LogP contribution is -2.61. The van der Waals surface area contributed by atoms with Gasteiger partial charge in [-0.25, -0.2) is 15.0 Å². The minimum Gasteiger partial charge on any atom is -0.474 e. The molecule has 1 saturated carbocycles. The van der Waals surface area contributed by atoms with Crippen LogP contribution in [0, 0.1) is 0 Å². The average molecular weight is 522 g/mol. The van der Waals surface area contributed by atoms with Crippen LogP contribution in [0.3, 0.4) is 0 Å². The molecular formula is C26H32ClN9O. The van der Waals surface area contributed by atoms with Crippen molar-refractivity contribution >= 4 is 22.6 Å². The summed E-state index contributed by atoms with van der Waals surface area (Å²) < 4.78 is 8.27. The van der Waals surface area contributed by atoms with Crippen molar-refractivity contribution in [1.29, 1.82) is 0 Å². The van der Waals surface area contributed by atoms with Crippen molar-refractivity contribution in [2.45, 2.75) is 49.9 Å². The lowest BCUT2D eigenvalue weighted by Gasteiger charge is -2.52. The third kappa shape index (κ3) is 4.70. The van der Waals surface area contributed by atoms with Gasteiger partial charge in [0.1, 0.15) is 23.2 Å². The molecule has 2 aliphatic rings. The van der Waals surface area contributed by atoms with E-state index in [4.69, 9.17) is 27.2 Å². The molecule has 0 bridgehead atoms. The number of halogens is 1. The summed E-state index contributed by atoms with van der Waals surface area (Å²) in [6.45, 7) is 3.28. The van der Waals surface area contributed by atoms with Gasteiger partial charge < -0.3 is 20.8 Å². The molecule has 37 heavy (non-hydrogen) atoms. The first-order valence-electron chi connectivity index (χ1n) is 12.8. The molecule has 5 heterocycles. The van der Waals surface area contributed by atoms with Gasteiger partial charge in [-0.05, 0) is 50.4 Å². The van der Waals surface area contributed by atoms with E-state index in [2.05, 4.69) is 41.0 Å². The summed E-state index contributed by atoms with van der Waals surface area (Å²) in [5.41, 5.74) is 9.92. The zero-order chi connectivity index (χ0) is 25.4. The number of nitrogens with two attached hydrogens (primary N) is 1. The van der Waals surface area contributed by atoms with Crippen molar-refractivity contribution in [1.82, 2.24) is 39.9 Å². The highest BCUT2D eigenvalue weighted by Crippen LogP contribution is 2.43. The van der Waals surface area contributed by atoms with Crippen molar-refractivity contribution in [2.24, 2.45) is 5.73 Å². The van der Waals surface area contributed by atoms with Crippen LogP contribution >= 0.6 is 11.6 Å². The number of aromatic nitrogens is 6. The van der Waals surface area contributed by atoms with Crippen molar-refractivity contribution in [3.63, 3.8) is 0 Å². The number of hydrogen-bond acceptors (Lipinski definition) is 8. The Morgan fingerprint density at radius 2 is 2.08 bits per heavy atom. The smallest absolute Gasteiger partial charge is 0.215 e. The highest BCUT2D eigenvalue weighted by molar-refractivity contribution is 6.29. The Balaban J connectivity index is 1.07. The molecule has 0 radical (unpaired) electrons. The molecule has 0 amide bonds. The first-order chi connectivity index (χ1) is 18.1. The highest BCUT2D eigenvalue weighted by Gasteiger charge is 2.48. The van der Waals surface area contributed by atoms with Gasteiger partial charge in [-0.2, -0.15) is 5.10 Å². The number of pyridine rings is 1. The summed E-state index contributed by atoms with van der Waals surface area (Å²) in [6, 6.07) is 6.33. The van der Waals surface area contributed by atoms with Gasteiger partial charge in [-0.15, -0.1) is 0 Å². The molecule has 0 unspecified atom stereocenters. The second kappa shape index (κ2) is 10.0. The summed E-state index contributed by atoms with van der Waals surface area (Å²) in [5.74, 6) is 0.608. The lowest BCUT2D eigenvalue weighted by molar-refractivity contribution is -0.0190. The Hall–Kier alpha value is -3.05. The van der Waals surface area contributed by atoms with Crippen LogP contribution in [0.5, 0.6) is 5.88 Å². The number of likely N-dealkylation sites (tertiary alicyclic amines) is 1. The van der Waals surface area contributed by atoms with Gasteiger partial charge in [0.2, 0.25) is 5.88 Å². The average Bonchev–Trinajstić information content (AvgIpc) is 3.55. The van der Waals surface area contributed by atoms with Crippen LogP contribution in [0.25, 0.3) is 22.3 Å². The van der Waals surface area contributed by atoms with Gasteiger partial charge in [0.25, 0.3) is 0 Å². The maximum absolute atomic E-state index is 6.32. The molecule has 0 atom stereocenters. The first kappa shape index (κ1) is 24.3. The summed E-state index contributed by atoms with van der Waals surface area (Å²) in [4.78, 5) is 18.9. The van der Waals surface area contributed by atoms with Crippen molar-refractivity contribution in [2.75, 3.05) is 26.7 Å². The van der Waals surface area contributed by atoms with E-state index in [1.54, 1.807) is 6.33 Å². The topological polar surface area (TPSA) is 123 Å². The van der Waals surface area contributed by atoms with E-state index >= 15 is 0 Å². The predicted molar refractivity (Wildman–Crippen MR) is 142 cm³/mol. The minimum atomic E-state index is -0.158. The van der Waals surface area contributed by atoms with Gasteiger partial charge in [-0.1, -0.05) is 11.6 Å². The van der Waals surface area contributed by atoms with Gasteiger partial charge in [0.05, 0.1) is 17.4 Å². The molecule has 1 saturated heterocycles. The summed E-state index contributed by atoms with van der Waals surface area (Å²) >= 11 is 6.19. The third-order valence-corrected chi connectivity index (χ3v) is 7.99. The van der Waals surface area contributed by atoms with Crippen LogP contribution < -0.4 is 15.8 Å². The van der Waals surface area contributed by atoms with Gasteiger partial charge in [0.15, 0.2) is 0 Å².